The number of aromatic nitrogens is 4. The summed E-state index contributed by atoms with van der Waals surface area (Å²) in [5, 5.41) is 12.5. The molecule has 0 saturated carbocycles. The van der Waals surface area contributed by atoms with Crippen molar-refractivity contribution in [3.8, 4) is 0 Å². The molecule has 9 heteroatoms. The average Bonchev–Trinajstić information content (AvgIpc) is 2.74. The largest absolute Gasteiger partial charge is 0.394 e. The molecule has 0 amide bonds. The van der Waals surface area contributed by atoms with E-state index in [0.29, 0.717) is 11.4 Å². The zero-order chi connectivity index (χ0) is 12.6. The number of nitrogen functional groups attached to an aromatic ring is 1. The number of H-pyrrole nitrogens is 2. The van der Waals surface area contributed by atoms with Gasteiger partial charge in [-0.25, -0.2) is 8.42 Å². The standard InChI is InChI=1S/C8H12N6O2S/c1-4-7(5(2)12-11-4)17(15,16)14-8-6(9)3-10-13-8/h3H,9H2,1-2H3,(H,11,12)(H2,10,13,14). The highest BCUT2D eigenvalue weighted by molar-refractivity contribution is 7.92. The van der Waals surface area contributed by atoms with Crippen molar-refractivity contribution in [1.29, 1.82) is 0 Å². The van der Waals surface area contributed by atoms with Gasteiger partial charge in [0.2, 0.25) is 0 Å². The van der Waals surface area contributed by atoms with Crippen LogP contribution < -0.4 is 10.5 Å². The Balaban J connectivity index is 2.42. The van der Waals surface area contributed by atoms with Gasteiger partial charge in [-0.05, 0) is 13.8 Å². The molecule has 8 nitrogen and oxygen atoms in total. The molecule has 0 saturated heterocycles. The molecule has 2 rings (SSSR count). The number of rotatable bonds is 3. The fourth-order valence-electron chi connectivity index (χ4n) is 1.50. The minimum absolute atomic E-state index is 0.117. The predicted octanol–water partition coefficient (Wildman–Crippen LogP) is 0.133. The summed E-state index contributed by atoms with van der Waals surface area (Å²) in [6, 6.07) is 0. The Morgan fingerprint density at radius 2 is 2.06 bits per heavy atom. The highest BCUT2D eigenvalue weighted by atomic mass is 32.2. The van der Waals surface area contributed by atoms with Crippen molar-refractivity contribution < 1.29 is 8.42 Å². The lowest BCUT2D eigenvalue weighted by Gasteiger charge is -2.06. The fourth-order valence-corrected chi connectivity index (χ4v) is 2.92. The second-order valence-electron chi connectivity index (χ2n) is 3.57. The topological polar surface area (TPSA) is 130 Å². The number of nitrogens with two attached hydrogens (primary N) is 1. The van der Waals surface area contributed by atoms with Crippen LogP contribution in [0, 0.1) is 13.8 Å². The van der Waals surface area contributed by atoms with E-state index in [1.54, 1.807) is 13.8 Å². The van der Waals surface area contributed by atoms with E-state index < -0.39 is 10.0 Å². The third-order valence-electron chi connectivity index (χ3n) is 2.23. The van der Waals surface area contributed by atoms with Crippen LogP contribution in [0.2, 0.25) is 0 Å². The molecule has 0 radical (unpaired) electrons. The van der Waals surface area contributed by atoms with Crippen molar-refractivity contribution >= 4 is 21.5 Å². The van der Waals surface area contributed by atoms with Gasteiger partial charge in [-0.1, -0.05) is 0 Å². The number of anilines is 2. The Bertz CT molecular complexity index is 621. The van der Waals surface area contributed by atoms with Gasteiger partial charge in [0, 0.05) is 0 Å². The Morgan fingerprint density at radius 3 is 2.53 bits per heavy atom. The molecule has 17 heavy (non-hydrogen) atoms. The molecule has 0 fully saturated rings. The second kappa shape index (κ2) is 3.77. The summed E-state index contributed by atoms with van der Waals surface area (Å²) in [5.41, 5.74) is 6.62. The van der Waals surface area contributed by atoms with Gasteiger partial charge in [-0.2, -0.15) is 10.2 Å². The first kappa shape index (κ1) is 11.5. The average molecular weight is 256 g/mol. The van der Waals surface area contributed by atoms with Crippen LogP contribution in [0.4, 0.5) is 11.5 Å². The zero-order valence-electron chi connectivity index (χ0n) is 9.27. The molecule has 2 aromatic rings. The smallest absolute Gasteiger partial charge is 0.266 e. The molecule has 0 aliphatic carbocycles. The Morgan fingerprint density at radius 1 is 1.35 bits per heavy atom. The number of nitrogens with one attached hydrogen (secondary N) is 3. The van der Waals surface area contributed by atoms with E-state index in [4.69, 9.17) is 5.73 Å². The summed E-state index contributed by atoms with van der Waals surface area (Å²) in [4.78, 5) is 0.117. The third kappa shape index (κ3) is 1.96. The van der Waals surface area contributed by atoms with Gasteiger partial charge in [0.15, 0.2) is 5.82 Å². The summed E-state index contributed by atoms with van der Waals surface area (Å²) in [6.07, 6.45) is 1.33. The molecule has 0 aliphatic rings. The molecular formula is C8H12N6O2S. The molecule has 0 aromatic carbocycles. The van der Waals surface area contributed by atoms with Crippen LogP contribution in [0.25, 0.3) is 0 Å². The SMILES string of the molecule is Cc1n[nH]c(C)c1S(=O)(=O)Nc1[nH]ncc1N. The number of nitrogens with zero attached hydrogens (tertiary/aromatic N) is 2. The molecule has 0 unspecified atom stereocenters. The van der Waals surface area contributed by atoms with E-state index in [9.17, 15) is 8.42 Å². The van der Waals surface area contributed by atoms with Gasteiger partial charge in [0.25, 0.3) is 10.0 Å². The summed E-state index contributed by atoms with van der Waals surface area (Å²) in [5.74, 6) is 0.144. The molecule has 0 aliphatic heterocycles. The maximum absolute atomic E-state index is 12.1. The second-order valence-corrected chi connectivity index (χ2v) is 5.19. The van der Waals surface area contributed by atoms with Crippen LogP contribution in [-0.4, -0.2) is 28.8 Å². The van der Waals surface area contributed by atoms with Crippen LogP contribution in [0.15, 0.2) is 11.1 Å². The molecule has 0 bridgehead atoms. The molecule has 0 atom stereocenters. The van der Waals surface area contributed by atoms with Gasteiger partial charge in [-0.3, -0.25) is 14.9 Å². The van der Waals surface area contributed by atoms with Crippen molar-refractivity contribution in [2.45, 2.75) is 18.7 Å². The van der Waals surface area contributed by atoms with Crippen LogP contribution in [0.5, 0.6) is 0 Å². The number of hydrogen-bond acceptors (Lipinski definition) is 5. The number of hydrogen-bond donors (Lipinski definition) is 4. The van der Waals surface area contributed by atoms with E-state index in [2.05, 4.69) is 25.1 Å². The lowest BCUT2D eigenvalue weighted by molar-refractivity contribution is 0.600. The summed E-state index contributed by atoms with van der Waals surface area (Å²) in [7, 11) is -3.72. The van der Waals surface area contributed by atoms with Gasteiger partial charge in [0.05, 0.1) is 23.3 Å². The van der Waals surface area contributed by atoms with Crippen LogP contribution in [0.3, 0.4) is 0 Å². The van der Waals surface area contributed by atoms with Crippen LogP contribution >= 0.6 is 0 Å². The molecule has 2 heterocycles. The number of aryl methyl sites for hydroxylation is 2. The van der Waals surface area contributed by atoms with Gasteiger partial charge in [-0.15, -0.1) is 0 Å². The number of aromatic amines is 2. The normalized spacial score (nSPS) is 11.6. The van der Waals surface area contributed by atoms with Crippen molar-refractivity contribution in [3.05, 3.63) is 17.6 Å². The summed E-state index contributed by atoms with van der Waals surface area (Å²) < 4.78 is 26.5. The van der Waals surface area contributed by atoms with Crippen molar-refractivity contribution in [1.82, 2.24) is 20.4 Å². The maximum atomic E-state index is 12.1. The third-order valence-corrected chi connectivity index (χ3v) is 3.85. The first-order chi connectivity index (χ1) is 7.92. The molecule has 5 N–H and O–H groups in total. The van der Waals surface area contributed by atoms with Crippen LogP contribution in [-0.2, 0) is 10.0 Å². The Kier molecular flexibility index (Phi) is 2.54. The predicted molar refractivity (Wildman–Crippen MR) is 61.9 cm³/mol. The lowest BCUT2D eigenvalue weighted by Crippen LogP contribution is -2.15. The van der Waals surface area contributed by atoms with Crippen LogP contribution in [0.1, 0.15) is 11.4 Å². The first-order valence-electron chi connectivity index (χ1n) is 4.75. The monoisotopic (exact) mass is 256 g/mol. The highest BCUT2D eigenvalue weighted by Crippen LogP contribution is 2.22. The molecule has 2 aromatic heterocycles. The highest BCUT2D eigenvalue weighted by Gasteiger charge is 2.23. The van der Waals surface area contributed by atoms with Gasteiger partial charge >= 0.3 is 0 Å². The number of sulfonamides is 1. The zero-order valence-corrected chi connectivity index (χ0v) is 10.1. The fraction of sp³-hybridized carbons (Fsp3) is 0.250. The van der Waals surface area contributed by atoms with E-state index in [-0.39, 0.29) is 16.4 Å². The minimum Gasteiger partial charge on any atom is -0.394 e. The van der Waals surface area contributed by atoms with Crippen molar-refractivity contribution in [2.24, 2.45) is 0 Å². The quantitative estimate of drug-likeness (QED) is 0.620. The maximum Gasteiger partial charge on any atom is 0.266 e. The van der Waals surface area contributed by atoms with Crippen molar-refractivity contribution in [3.63, 3.8) is 0 Å². The summed E-state index contributed by atoms with van der Waals surface area (Å²) in [6.45, 7) is 3.24. The molecule has 0 spiro atoms. The van der Waals surface area contributed by atoms with E-state index in [1.165, 1.54) is 6.20 Å². The lowest BCUT2D eigenvalue weighted by atomic mass is 10.4. The van der Waals surface area contributed by atoms with Gasteiger partial charge < -0.3 is 5.73 Å². The van der Waals surface area contributed by atoms with Gasteiger partial charge in [0.1, 0.15) is 4.90 Å². The first-order valence-corrected chi connectivity index (χ1v) is 6.23. The van der Waals surface area contributed by atoms with E-state index in [1.807, 2.05) is 0 Å². The molecule has 92 valence electrons. The summed E-state index contributed by atoms with van der Waals surface area (Å²) >= 11 is 0. The Hall–Kier alpha value is -2.03. The molecular weight excluding hydrogens is 244 g/mol. The Labute approximate surface area is 97.7 Å². The van der Waals surface area contributed by atoms with E-state index in [0.717, 1.165) is 0 Å². The minimum atomic E-state index is -3.72. The van der Waals surface area contributed by atoms with E-state index >= 15 is 0 Å². The van der Waals surface area contributed by atoms with Crippen molar-refractivity contribution in [2.75, 3.05) is 10.5 Å².